The molecule has 0 bridgehead atoms. The molecule has 104 valence electrons. The second kappa shape index (κ2) is 6.89. The van der Waals surface area contributed by atoms with Gasteiger partial charge in [0.15, 0.2) is 0 Å². The Morgan fingerprint density at radius 2 is 1.79 bits per heavy atom. The lowest BCUT2D eigenvalue weighted by molar-refractivity contribution is -0.148. The molecule has 0 saturated carbocycles. The minimum absolute atomic E-state index is 0.218. The minimum atomic E-state index is -1.09. The van der Waals surface area contributed by atoms with E-state index in [-0.39, 0.29) is 13.0 Å². The van der Waals surface area contributed by atoms with Gasteiger partial charge in [-0.05, 0) is 19.5 Å². The maximum Gasteiger partial charge on any atom is 0.308 e. The lowest BCUT2D eigenvalue weighted by atomic mass is 10.1. The smallest absolute Gasteiger partial charge is 0.308 e. The molecule has 1 aromatic rings. The van der Waals surface area contributed by atoms with Crippen LogP contribution in [0.4, 0.5) is 0 Å². The van der Waals surface area contributed by atoms with Gasteiger partial charge in [0.25, 0.3) is 0 Å². The molecule has 19 heavy (non-hydrogen) atoms. The number of aliphatic carboxylic acids is 2. The van der Waals surface area contributed by atoms with E-state index in [1.165, 1.54) is 5.56 Å². The summed E-state index contributed by atoms with van der Waals surface area (Å²) < 4.78 is 0. The van der Waals surface area contributed by atoms with Crippen LogP contribution in [-0.2, 0) is 16.1 Å². The standard InChI is InChI=1S/C14H19NO4/c1-10-3-5-11(6-4-10)8-15(2)9-12(14(18)19)7-13(16)17/h3-6,12H,7-9H2,1-2H3,(H,16,17)(H,18,19). The first kappa shape index (κ1) is 15.2. The van der Waals surface area contributed by atoms with Crippen molar-refractivity contribution in [2.24, 2.45) is 5.92 Å². The van der Waals surface area contributed by atoms with Crippen molar-refractivity contribution in [2.75, 3.05) is 13.6 Å². The van der Waals surface area contributed by atoms with E-state index in [1.807, 2.05) is 36.1 Å². The van der Waals surface area contributed by atoms with E-state index in [1.54, 1.807) is 7.05 Å². The third-order valence-electron chi connectivity index (χ3n) is 2.88. The highest BCUT2D eigenvalue weighted by Gasteiger charge is 2.22. The van der Waals surface area contributed by atoms with Crippen LogP contribution in [0.3, 0.4) is 0 Å². The Morgan fingerprint density at radius 1 is 1.21 bits per heavy atom. The first-order valence-electron chi connectivity index (χ1n) is 6.07. The van der Waals surface area contributed by atoms with Gasteiger partial charge in [0.2, 0.25) is 0 Å². The molecule has 0 radical (unpaired) electrons. The van der Waals surface area contributed by atoms with E-state index in [0.29, 0.717) is 6.54 Å². The number of rotatable bonds is 7. The van der Waals surface area contributed by atoms with Crippen molar-refractivity contribution in [3.63, 3.8) is 0 Å². The van der Waals surface area contributed by atoms with Gasteiger partial charge in [-0.3, -0.25) is 9.59 Å². The molecule has 0 aliphatic rings. The Kier molecular flexibility index (Phi) is 5.51. The predicted octanol–water partition coefficient (Wildman–Crippen LogP) is 1.60. The average molecular weight is 265 g/mol. The van der Waals surface area contributed by atoms with Crippen LogP contribution in [0, 0.1) is 12.8 Å². The second-order valence-electron chi connectivity index (χ2n) is 4.82. The molecular formula is C14H19NO4. The minimum Gasteiger partial charge on any atom is -0.481 e. The van der Waals surface area contributed by atoms with Gasteiger partial charge in [0, 0.05) is 13.1 Å². The van der Waals surface area contributed by atoms with Crippen LogP contribution in [0.1, 0.15) is 17.5 Å². The topological polar surface area (TPSA) is 77.8 Å². The molecule has 0 aromatic heterocycles. The Balaban J connectivity index is 2.57. The Hall–Kier alpha value is -1.88. The molecule has 1 unspecified atom stereocenters. The zero-order valence-corrected chi connectivity index (χ0v) is 11.2. The van der Waals surface area contributed by atoms with Crippen molar-refractivity contribution in [3.05, 3.63) is 35.4 Å². The molecule has 0 aliphatic heterocycles. The summed E-state index contributed by atoms with van der Waals surface area (Å²) in [6.07, 6.45) is -0.354. The van der Waals surface area contributed by atoms with Gasteiger partial charge in [-0.1, -0.05) is 29.8 Å². The number of benzene rings is 1. The van der Waals surface area contributed by atoms with Gasteiger partial charge in [-0.25, -0.2) is 0 Å². The van der Waals surface area contributed by atoms with Gasteiger partial charge >= 0.3 is 11.9 Å². The molecule has 0 heterocycles. The van der Waals surface area contributed by atoms with E-state index in [9.17, 15) is 9.59 Å². The maximum atomic E-state index is 11.0. The summed E-state index contributed by atoms with van der Waals surface area (Å²) in [5, 5.41) is 17.7. The van der Waals surface area contributed by atoms with Crippen molar-refractivity contribution in [3.8, 4) is 0 Å². The SMILES string of the molecule is Cc1ccc(CN(C)CC(CC(=O)O)C(=O)O)cc1. The van der Waals surface area contributed by atoms with E-state index >= 15 is 0 Å². The molecule has 5 nitrogen and oxygen atoms in total. The summed E-state index contributed by atoms with van der Waals surface area (Å²) in [4.78, 5) is 23.4. The molecule has 0 spiro atoms. The number of carboxylic acids is 2. The molecular weight excluding hydrogens is 246 g/mol. The number of carbonyl (C=O) groups is 2. The highest BCUT2D eigenvalue weighted by molar-refractivity contribution is 5.77. The van der Waals surface area contributed by atoms with Crippen LogP contribution in [0.2, 0.25) is 0 Å². The number of hydrogen-bond acceptors (Lipinski definition) is 3. The lowest BCUT2D eigenvalue weighted by Crippen LogP contribution is -2.31. The van der Waals surface area contributed by atoms with Crippen LogP contribution in [-0.4, -0.2) is 40.6 Å². The summed E-state index contributed by atoms with van der Waals surface area (Å²) in [5.41, 5.74) is 2.24. The molecule has 0 amide bonds. The van der Waals surface area contributed by atoms with E-state index in [4.69, 9.17) is 10.2 Å². The van der Waals surface area contributed by atoms with Gasteiger partial charge in [-0.2, -0.15) is 0 Å². The van der Waals surface area contributed by atoms with E-state index < -0.39 is 17.9 Å². The second-order valence-corrected chi connectivity index (χ2v) is 4.82. The number of nitrogens with zero attached hydrogens (tertiary/aromatic N) is 1. The molecule has 2 N–H and O–H groups in total. The lowest BCUT2D eigenvalue weighted by Gasteiger charge is -2.20. The fourth-order valence-corrected chi connectivity index (χ4v) is 1.89. The Labute approximate surface area is 112 Å². The zero-order chi connectivity index (χ0) is 14.4. The zero-order valence-electron chi connectivity index (χ0n) is 11.2. The summed E-state index contributed by atoms with van der Waals surface area (Å²) >= 11 is 0. The maximum absolute atomic E-state index is 11.0. The van der Waals surface area contributed by atoms with Crippen LogP contribution in [0.15, 0.2) is 24.3 Å². The molecule has 0 aliphatic carbocycles. The highest BCUT2D eigenvalue weighted by Crippen LogP contribution is 2.10. The highest BCUT2D eigenvalue weighted by atomic mass is 16.4. The molecule has 0 saturated heterocycles. The number of aryl methyl sites for hydroxylation is 1. The molecule has 1 aromatic carbocycles. The van der Waals surface area contributed by atoms with Crippen molar-refractivity contribution in [1.29, 1.82) is 0 Å². The first-order valence-corrected chi connectivity index (χ1v) is 6.07. The van der Waals surface area contributed by atoms with Crippen molar-refractivity contribution >= 4 is 11.9 Å². The third-order valence-corrected chi connectivity index (χ3v) is 2.88. The van der Waals surface area contributed by atoms with Crippen LogP contribution in [0.5, 0.6) is 0 Å². The predicted molar refractivity (Wildman–Crippen MR) is 70.9 cm³/mol. The summed E-state index contributed by atoms with van der Waals surface area (Å²) in [7, 11) is 1.79. The van der Waals surface area contributed by atoms with Crippen molar-refractivity contribution < 1.29 is 19.8 Å². The summed E-state index contributed by atoms with van der Waals surface area (Å²) in [6.45, 7) is 2.82. The quantitative estimate of drug-likeness (QED) is 0.783. The average Bonchev–Trinajstić information content (AvgIpc) is 2.30. The van der Waals surface area contributed by atoms with Crippen LogP contribution in [0.25, 0.3) is 0 Å². The van der Waals surface area contributed by atoms with Crippen LogP contribution >= 0.6 is 0 Å². The number of hydrogen-bond donors (Lipinski definition) is 2. The summed E-state index contributed by atoms with van der Waals surface area (Å²) in [5.74, 6) is -3.04. The Bertz CT molecular complexity index is 441. The monoisotopic (exact) mass is 265 g/mol. The molecule has 1 rings (SSSR count). The van der Waals surface area contributed by atoms with Crippen molar-refractivity contribution in [1.82, 2.24) is 4.90 Å². The fourth-order valence-electron chi connectivity index (χ4n) is 1.89. The van der Waals surface area contributed by atoms with Gasteiger partial charge in [-0.15, -0.1) is 0 Å². The fraction of sp³-hybridized carbons (Fsp3) is 0.429. The van der Waals surface area contributed by atoms with Crippen molar-refractivity contribution in [2.45, 2.75) is 19.9 Å². The normalized spacial score (nSPS) is 12.4. The third kappa shape index (κ3) is 5.52. The number of carboxylic acid groups (broad SMARTS) is 2. The Morgan fingerprint density at radius 3 is 2.26 bits per heavy atom. The van der Waals surface area contributed by atoms with Gasteiger partial charge < -0.3 is 15.1 Å². The van der Waals surface area contributed by atoms with Gasteiger partial charge in [0.1, 0.15) is 0 Å². The van der Waals surface area contributed by atoms with E-state index in [0.717, 1.165) is 5.56 Å². The first-order chi connectivity index (χ1) is 8.88. The van der Waals surface area contributed by atoms with Gasteiger partial charge in [0.05, 0.1) is 12.3 Å². The largest absolute Gasteiger partial charge is 0.481 e. The molecule has 0 fully saturated rings. The van der Waals surface area contributed by atoms with Crippen LogP contribution < -0.4 is 0 Å². The summed E-state index contributed by atoms with van der Waals surface area (Å²) in [6, 6.07) is 7.96. The molecule has 1 atom stereocenters. The van der Waals surface area contributed by atoms with E-state index in [2.05, 4.69) is 0 Å². The molecule has 5 heteroatoms.